The summed E-state index contributed by atoms with van der Waals surface area (Å²) in [6.07, 6.45) is 2.60. The Morgan fingerprint density at radius 3 is 2.71 bits per heavy atom. The van der Waals surface area contributed by atoms with Crippen LogP contribution in [0, 0.1) is 13.8 Å². The monoisotopic (exact) mass is 337 g/mol. The molecule has 0 bridgehead atoms. The van der Waals surface area contributed by atoms with Crippen LogP contribution in [0.1, 0.15) is 29.9 Å². The van der Waals surface area contributed by atoms with Crippen molar-refractivity contribution in [3.8, 4) is 0 Å². The Morgan fingerprint density at radius 1 is 1.29 bits per heavy atom. The Balaban J connectivity index is 1.66. The molecule has 7 heteroatoms. The number of carbonyl (C=O) groups excluding carboxylic acids is 1. The molecule has 2 aliphatic heterocycles. The summed E-state index contributed by atoms with van der Waals surface area (Å²) in [6, 6.07) is 0. The molecule has 1 amide bonds. The molecule has 2 fully saturated rings. The van der Waals surface area contributed by atoms with E-state index in [-0.39, 0.29) is 18.9 Å². The second kappa shape index (κ2) is 7.21. The average molecular weight is 337 g/mol. The largest absolute Gasteiger partial charge is 0.384 e. The maximum atomic E-state index is 12.7. The van der Waals surface area contributed by atoms with Crippen molar-refractivity contribution in [3.05, 3.63) is 17.0 Å². The fraction of sp³-hybridized carbons (Fsp3) is 0.765. The maximum absolute atomic E-state index is 12.7. The van der Waals surface area contributed by atoms with Gasteiger partial charge in [0.25, 0.3) is 0 Å². The van der Waals surface area contributed by atoms with Crippen molar-refractivity contribution in [1.29, 1.82) is 0 Å². The molecular formula is C17H27N3O4. The van der Waals surface area contributed by atoms with Crippen LogP contribution in [0.15, 0.2) is 4.52 Å². The first-order chi connectivity index (χ1) is 11.5. The average Bonchev–Trinajstić information content (AvgIpc) is 3.09. The van der Waals surface area contributed by atoms with Gasteiger partial charge < -0.3 is 24.2 Å². The van der Waals surface area contributed by atoms with Crippen LogP contribution in [-0.2, 0) is 16.0 Å². The molecule has 7 nitrogen and oxygen atoms in total. The standard InChI is InChI=1S/C17H27N3O4/c1-13-15(14(2)24-18-13)9-16(21)20-7-8-23-12-17(22,11-20)10-19-5-3-4-6-19/h22H,3-12H2,1-2H3. The minimum absolute atomic E-state index is 0.0188. The zero-order valence-electron chi connectivity index (χ0n) is 14.6. The summed E-state index contributed by atoms with van der Waals surface area (Å²) in [7, 11) is 0. The summed E-state index contributed by atoms with van der Waals surface area (Å²) < 4.78 is 10.7. The van der Waals surface area contributed by atoms with E-state index >= 15 is 0 Å². The molecule has 1 unspecified atom stereocenters. The van der Waals surface area contributed by atoms with E-state index in [0.717, 1.165) is 24.3 Å². The minimum Gasteiger partial charge on any atom is -0.384 e. The fourth-order valence-corrected chi connectivity index (χ4v) is 3.60. The molecule has 2 saturated heterocycles. The Kier molecular flexibility index (Phi) is 5.22. The number of β-amino-alcohol motifs (C(OH)–C–C–N with tert-alkyl or cyclic N) is 1. The number of nitrogens with zero attached hydrogens (tertiary/aromatic N) is 3. The molecule has 0 radical (unpaired) electrons. The lowest BCUT2D eigenvalue weighted by atomic mass is 10.0. The van der Waals surface area contributed by atoms with E-state index in [0.29, 0.717) is 32.0 Å². The molecule has 1 aromatic heterocycles. The summed E-state index contributed by atoms with van der Waals surface area (Å²) in [4.78, 5) is 16.7. The molecule has 134 valence electrons. The van der Waals surface area contributed by atoms with E-state index in [1.54, 1.807) is 4.90 Å². The first-order valence-electron chi connectivity index (χ1n) is 8.69. The van der Waals surface area contributed by atoms with E-state index < -0.39 is 5.60 Å². The van der Waals surface area contributed by atoms with E-state index in [1.165, 1.54) is 12.8 Å². The second-order valence-corrected chi connectivity index (χ2v) is 7.05. The van der Waals surface area contributed by atoms with Crippen molar-refractivity contribution in [1.82, 2.24) is 15.0 Å². The van der Waals surface area contributed by atoms with Crippen molar-refractivity contribution in [3.63, 3.8) is 0 Å². The van der Waals surface area contributed by atoms with Gasteiger partial charge >= 0.3 is 0 Å². The van der Waals surface area contributed by atoms with Gasteiger partial charge in [0.2, 0.25) is 5.91 Å². The van der Waals surface area contributed by atoms with Crippen LogP contribution in [0.25, 0.3) is 0 Å². The minimum atomic E-state index is -1.00. The molecule has 24 heavy (non-hydrogen) atoms. The molecule has 3 rings (SSSR count). The molecule has 0 spiro atoms. The molecule has 1 N–H and O–H groups in total. The third-order valence-corrected chi connectivity index (χ3v) is 4.94. The van der Waals surface area contributed by atoms with Gasteiger partial charge in [-0.3, -0.25) is 4.79 Å². The Bertz CT molecular complexity index is 563. The van der Waals surface area contributed by atoms with Crippen LogP contribution in [0.2, 0.25) is 0 Å². The van der Waals surface area contributed by atoms with Gasteiger partial charge in [0.05, 0.1) is 31.9 Å². The van der Waals surface area contributed by atoms with Gasteiger partial charge in [-0.05, 0) is 39.8 Å². The van der Waals surface area contributed by atoms with E-state index in [2.05, 4.69) is 10.1 Å². The second-order valence-electron chi connectivity index (χ2n) is 7.05. The van der Waals surface area contributed by atoms with Crippen LogP contribution < -0.4 is 0 Å². The maximum Gasteiger partial charge on any atom is 0.227 e. The van der Waals surface area contributed by atoms with Gasteiger partial charge in [0.15, 0.2) is 0 Å². The van der Waals surface area contributed by atoms with Gasteiger partial charge in [0.1, 0.15) is 11.4 Å². The Morgan fingerprint density at radius 2 is 2.04 bits per heavy atom. The third-order valence-electron chi connectivity index (χ3n) is 4.94. The molecule has 1 atom stereocenters. The Labute approximate surface area is 142 Å². The summed E-state index contributed by atoms with van der Waals surface area (Å²) in [5, 5.41) is 14.9. The lowest BCUT2D eigenvalue weighted by Gasteiger charge is -2.34. The molecular weight excluding hydrogens is 310 g/mol. The highest BCUT2D eigenvalue weighted by Crippen LogP contribution is 2.20. The first kappa shape index (κ1) is 17.4. The fourth-order valence-electron chi connectivity index (χ4n) is 3.60. The smallest absolute Gasteiger partial charge is 0.227 e. The molecule has 0 saturated carbocycles. The molecule has 0 aliphatic carbocycles. The third kappa shape index (κ3) is 3.96. The number of aromatic nitrogens is 1. The number of ether oxygens (including phenoxy) is 1. The normalized spacial score (nSPS) is 25.9. The number of hydrogen-bond acceptors (Lipinski definition) is 6. The number of likely N-dealkylation sites (tertiary alicyclic amines) is 1. The van der Waals surface area contributed by atoms with Crippen LogP contribution in [-0.4, -0.2) is 77.5 Å². The predicted octanol–water partition coefficient (Wildman–Crippen LogP) is 0.520. The molecule has 3 heterocycles. The van der Waals surface area contributed by atoms with Crippen LogP contribution in [0.3, 0.4) is 0 Å². The zero-order chi connectivity index (χ0) is 17.2. The van der Waals surface area contributed by atoms with Crippen molar-refractivity contribution >= 4 is 5.91 Å². The van der Waals surface area contributed by atoms with Crippen molar-refractivity contribution in [2.45, 2.75) is 38.7 Å². The summed E-state index contributed by atoms with van der Waals surface area (Å²) >= 11 is 0. The molecule has 2 aliphatic rings. The summed E-state index contributed by atoms with van der Waals surface area (Å²) in [5.74, 6) is 0.661. The quantitative estimate of drug-likeness (QED) is 0.863. The van der Waals surface area contributed by atoms with E-state index in [4.69, 9.17) is 9.26 Å². The number of aryl methyl sites for hydroxylation is 2. The van der Waals surface area contributed by atoms with Gasteiger partial charge in [0, 0.05) is 18.7 Å². The predicted molar refractivity (Wildman–Crippen MR) is 87.7 cm³/mol. The lowest BCUT2D eigenvalue weighted by Crippen LogP contribution is -2.53. The molecule has 1 aromatic rings. The van der Waals surface area contributed by atoms with E-state index in [1.807, 2.05) is 13.8 Å². The van der Waals surface area contributed by atoms with Crippen LogP contribution in [0.4, 0.5) is 0 Å². The number of carbonyl (C=O) groups is 1. The number of rotatable bonds is 4. The SMILES string of the molecule is Cc1noc(C)c1CC(=O)N1CCOCC(O)(CN2CCCC2)C1. The first-order valence-corrected chi connectivity index (χ1v) is 8.69. The number of aliphatic hydroxyl groups is 1. The highest BCUT2D eigenvalue weighted by molar-refractivity contribution is 5.79. The zero-order valence-corrected chi connectivity index (χ0v) is 14.6. The lowest BCUT2D eigenvalue weighted by molar-refractivity contribution is -0.133. The molecule has 0 aromatic carbocycles. The van der Waals surface area contributed by atoms with Gasteiger partial charge in [-0.2, -0.15) is 0 Å². The van der Waals surface area contributed by atoms with Gasteiger partial charge in [-0.15, -0.1) is 0 Å². The van der Waals surface area contributed by atoms with E-state index in [9.17, 15) is 9.90 Å². The highest BCUT2D eigenvalue weighted by Gasteiger charge is 2.36. The van der Waals surface area contributed by atoms with Crippen molar-refractivity contribution < 1.29 is 19.2 Å². The van der Waals surface area contributed by atoms with Crippen LogP contribution in [0.5, 0.6) is 0 Å². The Hall–Kier alpha value is -1.44. The summed E-state index contributed by atoms with van der Waals surface area (Å²) in [6.45, 7) is 7.78. The van der Waals surface area contributed by atoms with Crippen LogP contribution >= 0.6 is 0 Å². The van der Waals surface area contributed by atoms with Crippen molar-refractivity contribution in [2.75, 3.05) is 45.9 Å². The van der Waals surface area contributed by atoms with Gasteiger partial charge in [-0.1, -0.05) is 5.16 Å². The number of hydrogen-bond donors (Lipinski definition) is 1. The highest BCUT2D eigenvalue weighted by atomic mass is 16.5. The topological polar surface area (TPSA) is 79.0 Å². The number of amides is 1. The summed E-state index contributed by atoms with van der Waals surface area (Å²) in [5.41, 5.74) is 0.586. The van der Waals surface area contributed by atoms with Crippen molar-refractivity contribution in [2.24, 2.45) is 0 Å². The van der Waals surface area contributed by atoms with Gasteiger partial charge in [-0.25, -0.2) is 0 Å².